The van der Waals surface area contributed by atoms with Gasteiger partial charge in [-0.05, 0) is 81.1 Å². The molecule has 29 heavy (non-hydrogen) atoms. The molecule has 0 bridgehead atoms. The fourth-order valence-corrected chi connectivity index (χ4v) is 4.29. The van der Waals surface area contributed by atoms with Crippen molar-refractivity contribution in [3.63, 3.8) is 0 Å². The lowest BCUT2D eigenvalue weighted by Gasteiger charge is -2.18. The molecule has 0 atom stereocenters. The summed E-state index contributed by atoms with van der Waals surface area (Å²) in [6.45, 7) is 10.2. The van der Waals surface area contributed by atoms with Crippen LogP contribution in [0.3, 0.4) is 0 Å². The Bertz CT molecular complexity index is 1060. The molecule has 0 aliphatic carbocycles. The third-order valence-corrected chi connectivity index (χ3v) is 5.79. The molecule has 0 radical (unpaired) electrons. The number of aryl methyl sites for hydroxylation is 3. The molecule has 5 nitrogen and oxygen atoms in total. The molecule has 0 amide bonds. The molecule has 1 aliphatic heterocycles. The van der Waals surface area contributed by atoms with Crippen LogP contribution in [0.15, 0.2) is 35.1 Å². The Morgan fingerprint density at radius 3 is 2.55 bits per heavy atom. The van der Waals surface area contributed by atoms with Gasteiger partial charge in [0.25, 0.3) is 5.56 Å². The molecule has 1 aliphatic rings. The van der Waals surface area contributed by atoms with Crippen LogP contribution in [-0.4, -0.2) is 41.1 Å². The Hall–Kier alpha value is -2.66. The number of aromatic amines is 1. The zero-order chi connectivity index (χ0) is 20.4. The number of H-pyrrole nitrogens is 1. The molecular formula is C24H29N3O2. The van der Waals surface area contributed by atoms with Crippen LogP contribution in [0, 0.1) is 13.8 Å². The monoisotopic (exact) mass is 391 g/mol. The first-order chi connectivity index (χ1) is 14.1. The van der Waals surface area contributed by atoms with Crippen LogP contribution < -0.4 is 10.3 Å². The topological polar surface area (TPSA) is 58.2 Å². The van der Waals surface area contributed by atoms with Gasteiger partial charge >= 0.3 is 0 Å². The predicted molar refractivity (Wildman–Crippen MR) is 118 cm³/mol. The van der Waals surface area contributed by atoms with E-state index in [1.165, 1.54) is 25.9 Å². The molecule has 1 N–H and O–H groups in total. The second-order valence-electron chi connectivity index (χ2n) is 7.92. The summed E-state index contributed by atoms with van der Waals surface area (Å²) >= 11 is 0. The van der Waals surface area contributed by atoms with Crippen LogP contribution in [0.2, 0.25) is 0 Å². The summed E-state index contributed by atoms with van der Waals surface area (Å²) in [5, 5.41) is 0.689. The number of aromatic nitrogens is 2. The van der Waals surface area contributed by atoms with Crippen molar-refractivity contribution in [3.05, 3.63) is 57.4 Å². The van der Waals surface area contributed by atoms with E-state index in [-0.39, 0.29) is 5.56 Å². The summed E-state index contributed by atoms with van der Waals surface area (Å²) in [6.07, 6.45) is 3.40. The van der Waals surface area contributed by atoms with Crippen molar-refractivity contribution in [2.24, 2.45) is 0 Å². The molecule has 2 aromatic carbocycles. The third kappa shape index (κ3) is 4.06. The van der Waals surface area contributed by atoms with Crippen molar-refractivity contribution in [2.75, 3.05) is 26.2 Å². The first-order valence-electron chi connectivity index (χ1n) is 10.6. The van der Waals surface area contributed by atoms with Crippen molar-refractivity contribution >= 4 is 10.9 Å². The maximum atomic E-state index is 12.7. The number of rotatable bonds is 6. The van der Waals surface area contributed by atoms with Gasteiger partial charge in [0.15, 0.2) is 0 Å². The second-order valence-corrected chi connectivity index (χ2v) is 7.92. The normalized spacial score (nSPS) is 14.6. The van der Waals surface area contributed by atoms with Gasteiger partial charge < -0.3 is 9.72 Å². The zero-order valence-electron chi connectivity index (χ0n) is 17.5. The molecule has 4 rings (SSSR count). The van der Waals surface area contributed by atoms with Crippen molar-refractivity contribution in [3.8, 4) is 17.1 Å². The van der Waals surface area contributed by atoms with E-state index in [1.807, 2.05) is 30.3 Å². The fraction of sp³-hybridized carbons (Fsp3) is 0.417. The number of ether oxygens (including phenoxy) is 1. The predicted octanol–water partition coefficient (Wildman–Crippen LogP) is 4.24. The molecule has 0 unspecified atom stereocenters. The van der Waals surface area contributed by atoms with E-state index in [9.17, 15) is 4.79 Å². The van der Waals surface area contributed by atoms with Crippen LogP contribution in [0.25, 0.3) is 22.3 Å². The van der Waals surface area contributed by atoms with Crippen LogP contribution in [0.5, 0.6) is 5.75 Å². The Morgan fingerprint density at radius 2 is 1.86 bits per heavy atom. The lowest BCUT2D eigenvalue weighted by Crippen LogP contribution is -2.25. The van der Waals surface area contributed by atoms with E-state index >= 15 is 0 Å². The Kier molecular flexibility index (Phi) is 5.67. The van der Waals surface area contributed by atoms with Crippen molar-refractivity contribution in [1.29, 1.82) is 0 Å². The van der Waals surface area contributed by atoms with Gasteiger partial charge in [0.05, 0.1) is 10.9 Å². The molecule has 0 spiro atoms. The SMILES string of the molecule is CCc1cccc2nc(-c3cc(C)c(OCCN4CCCC4)c(C)c3)[nH]c(=O)c12. The Balaban J connectivity index is 1.61. The van der Waals surface area contributed by atoms with Crippen LogP contribution >= 0.6 is 0 Å². The van der Waals surface area contributed by atoms with Crippen molar-refractivity contribution in [2.45, 2.75) is 40.0 Å². The minimum absolute atomic E-state index is 0.0799. The summed E-state index contributed by atoms with van der Waals surface area (Å²) in [5.41, 5.74) is 4.72. The smallest absolute Gasteiger partial charge is 0.259 e. The number of hydrogen-bond acceptors (Lipinski definition) is 4. The number of nitrogens with one attached hydrogen (secondary N) is 1. The molecule has 1 saturated heterocycles. The van der Waals surface area contributed by atoms with Gasteiger partial charge in [-0.25, -0.2) is 4.98 Å². The van der Waals surface area contributed by atoms with Crippen LogP contribution in [0.1, 0.15) is 36.5 Å². The number of nitrogens with zero attached hydrogens (tertiary/aromatic N) is 2. The number of fused-ring (bicyclic) bond motifs is 1. The summed E-state index contributed by atoms with van der Waals surface area (Å²) < 4.78 is 6.11. The molecule has 1 fully saturated rings. The van der Waals surface area contributed by atoms with Crippen LogP contribution in [-0.2, 0) is 6.42 Å². The third-order valence-electron chi connectivity index (χ3n) is 5.79. The fourth-order valence-electron chi connectivity index (χ4n) is 4.29. The lowest BCUT2D eigenvalue weighted by atomic mass is 10.0. The van der Waals surface area contributed by atoms with E-state index in [4.69, 9.17) is 9.72 Å². The van der Waals surface area contributed by atoms with E-state index in [0.29, 0.717) is 17.8 Å². The van der Waals surface area contributed by atoms with Gasteiger partial charge in [-0.1, -0.05) is 19.1 Å². The second kappa shape index (κ2) is 8.37. The Labute approximate surface area is 171 Å². The summed E-state index contributed by atoms with van der Waals surface area (Å²) in [7, 11) is 0. The van der Waals surface area contributed by atoms with Gasteiger partial charge in [0, 0.05) is 12.1 Å². The average Bonchev–Trinajstić information content (AvgIpc) is 3.22. The molecule has 3 aromatic rings. The van der Waals surface area contributed by atoms with E-state index < -0.39 is 0 Å². The highest BCUT2D eigenvalue weighted by Gasteiger charge is 2.14. The standard InChI is InChI=1S/C24H29N3O2/c1-4-18-8-7-9-20-21(18)24(28)26-23(25-20)19-14-16(2)22(17(3)15-19)29-13-12-27-10-5-6-11-27/h7-9,14-15H,4-6,10-13H2,1-3H3,(H,25,26,28). The average molecular weight is 392 g/mol. The lowest BCUT2D eigenvalue weighted by molar-refractivity contribution is 0.236. The highest BCUT2D eigenvalue weighted by molar-refractivity contribution is 5.83. The molecular weight excluding hydrogens is 362 g/mol. The van der Waals surface area contributed by atoms with Gasteiger partial charge in [0.2, 0.25) is 0 Å². The maximum Gasteiger partial charge on any atom is 0.259 e. The van der Waals surface area contributed by atoms with Crippen LogP contribution in [0.4, 0.5) is 0 Å². The summed E-state index contributed by atoms with van der Waals surface area (Å²) in [4.78, 5) is 22.9. The summed E-state index contributed by atoms with van der Waals surface area (Å²) in [6, 6.07) is 9.95. The van der Waals surface area contributed by atoms with Gasteiger partial charge in [-0.3, -0.25) is 9.69 Å². The van der Waals surface area contributed by atoms with Gasteiger partial charge in [-0.15, -0.1) is 0 Å². The molecule has 0 saturated carbocycles. The molecule has 2 heterocycles. The van der Waals surface area contributed by atoms with Gasteiger partial charge in [0.1, 0.15) is 18.2 Å². The zero-order valence-corrected chi connectivity index (χ0v) is 17.5. The Morgan fingerprint density at radius 1 is 1.14 bits per heavy atom. The van der Waals surface area contributed by atoms with E-state index in [0.717, 1.165) is 46.5 Å². The maximum absolute atomic E-state index is 12.7. The van der Waals surface area contributed by atoms with Gasteiger partial charge in [-0.2, -0.15) is 0 Å². The number of benzene rings is 2. The molecule has 5 heteroatoms. The van der Waals surface area contributed by atoms with Crippen molar-refractivity contribution < 1.29 is 4.74 Å². The first kappa shape index (κ1) is 19.6. The minimum atomic E-state index is -0.0799. The first-order valence-corrected chi connectivity index (χ1v) is 10.6. The molecule has 1 aromatic heterocycles. The minimum Gasteiger partial charge on any atom is -0.492 e. The highest BCUT2D eigenvalue weighted by Crippen LogP contribution is 2.29. The molecule has 152 valence electrons. The summed E-state index contributed by atoms with van der Waals surface area (Å²) in [5.74, 6) is 1.54. The largest absolute Gasteiger partial charge is 0.492 e. The van der Waals surface area contributed by atoms with E-state index in [1.54, 1.807) is 0 Å². The number of hydrogen-bond donors (Lipinski definition) is 1. The quantitative estimate of drug-likeness (QED) is 0.683. The van der Waals surface area contributed by atoms with E-state index in [2.05, 4.69) is 30.7 Å². The number of likely N-dealkylation sites (tertiary alicyclic amines) is 1. The highest BCUT2D eigenvalue weighted by atomic mass is 16.5. The van der Waals surface area contributed by atoms with Crippen molar-refractivity contribution in [1.82, 2.24) is 14.9 Å².